The lowest BCUT2D eigenvalue weighted by molar-refractivity contribution is 0.0468. The Labute approximate surface area is 166 Å². The predicted molar refractivity (Wildman–Crippen MR) is 103 cm³/mol. The molecule has 7 heteroatoms. The van der Waals surface area contributed by atoms with E-state index in [1.807, 2.05) is 18.4 Å². The van der Waals surface area contributed by atoms with E-state index in [0.717, 1.165) is 17.0 Å². The van der Waals surface area contributed by atoms with E-state index in [2.05, 4.69) is 4.98 Å². The predicted octanol–water partition coefficient (Wildman–Crippen LogP) is 4.38. The van der Waals surface area contributed by atoms with E-state index < -0.39 is 12.6 Å². The molecule has 144 valence electrons. The van der Waals surface area contributed by atoms with Gasteiger partial charge in [0.1, 0.15) is 11.5 Å². The third kappa shape index (κ3) is 4.46. The van der Waals surface area contributed by atoms with Crippen molar-refractivity contribution < 1.29 is 18.7 Å². The number of carbonyl (C=O) groups excluding carboxylic acids is 2. The second-order valence-electron chi connectivity index (χ2n) is 6.36. The van der Waals surface area contributed by atoms with Crippen molar-refractivity contribution in [2.45, 2.75) is 20.4 Å². The molecule has 0 amide bonds. The molecule has 28 heavy (non-hydrogen) atoms. The molecule has 0 aliphatic carbocycles. The van der Waals surface area contributed by atoms with Gasteiger partial charge in [-0.15, -0.1) is 0 Å². The summed E-state index contributed by atoms with van der Waals surface area (Å²) in [6, 6.07) is 10.9. The van der Waals surface area contributed by atoms with Crippen molar-refractivity contribution in [2.75, 3.05) is 6.61 Å². The van der Waals surface area contributed by atoms with E-state index in [1.165, 1.54) is 24.4 Å². The third-order valence-electron chi connectivity index (χ3n) is 4.39. The van der Waals surface area contributed by atoms with Crippen LogP contribution in [0.15, 0.2) is 48.7 Å². The van der Waals surface area contributed by atoms with Gasteiger partial charge in [-0.3, -0.25) is 4.79 Å². The molecule has 0 radical (unpaired) electrons. The topological polar surface area (TPSA) is 61.2 Å². The molecule has 0 unspecified atom stereocenters. The first-order chi connectivity index (χ1) is 13.3. The molecule has 3 rings (SSSR count). The zero-order valence-corrected chi connectivity index (χ0v) is 16.2. The van der Waals surface area contributed by atoms with Crippen molar-refractivity contribution in [1.82, 2.24) is 9.55 Å². The van der Waals surface area contributed by atoms with Gasteiger partial charge in [-0.05, 0) is 49.7 Å². The number of halogens is 2. The monoisotopic (exact) mass is 400 g/mol. The molecule has 0 N–H and O–H groups in total. The van der Waals surface area contributed by atoms with E-state index in [0.29, 0.717) is 17.1 Å². The van der Waals surface area contributed by atoms with Crippen LogP contribution in [0.1, 0.15) is 37.8 Å². The van der Waals surface area contributed by atoms with Gasteiger partial charge < -0.3 is 9.30 Å². The van der Waals surface area contributed by atoms with Crippen molar-refractivity contribution >= 4 is 23.4 Å². The molecule has 2 aromatic heterocycles. The van der Waals surface area contributed by atoms with Crippen molar-refractivity contribution in [1.29, 1.82) is 0 Å². The molecule has 0 fully saturated rings. The summed E-state index contributed by atoms with van der Waals surface area (Å²) in [7, 11) is 0. The summed E-state index contributed by atoms with van der Waals surface area (Å²) in [5, 5.41) is 0.359. The van der Waals surface area contributed by atoms with Crippen molar-refractivity contribution in [3.63, 3.8) is 0 Å². The summed E-state index contributed by atoms with van der Waals surface area (Å²) in [6.07, 6.45) is 1.39. The minimum atomic E-state index is -0.712. The standard InChI is InChI=1S/C21H18ClFN2O3/c1-13-9-18(14(2)25(13)11-15-3-5-17(23)6-4-15)20(26)12-28-21(27)19-10-16(22)7-8-24-19/h3-10H,11-12H2,1-2H3. The number of benzene rings is 1. The quantitative estimate of drug-likeness (QED) is 0.455. The Hall–Kier alpha value is -2.99. The summed E-state index contributed by atoms with van der Waals surface area (Å²) < 4.78 is 20.1. The third-order valence-corrected chi connectivity index (χ3v) is 4.63. The lowest BCUT2D eigenvalue weighted by Crippen LogP contribution is -2.16. The SMILES string of the molecule is Cc1cc(C(=O)COC(=O)c2cc(Cl)ccn2)c(C)n1Cc1ccc(F)cc1. The molecule has 5 nitrogen and oxygen atoms in total. The average Bonchev–Trinajstić information content (AvgIpc) is 2.96. The van der Waals surface area contributed by atoms with Gasteiger partial charge in [-0.1, -0.05) is 23.7 Å². The first-order valence-electron chi connectivity index (χ1n) is 8.58. The Morgan fingerprint density at radius 2 is 1.86 bits per heavy atom. The van der Waals surface area contributed by atoms with Crippen LogP contribution in [0, 0.1) is 19.7 Å². The molecule has 3 aromatic rings. The Kier molecular flexibility index (Phi) is 5.90. The van der Waals surface area contributed by atoms with Gasteiger partial charge in [-0.2, -0.15) is 0 Å². The summed E-state index contributed by atoms with van der Waals surface area (Å²) in [4.78, 5) is 28.4. The van der Waals surface area contributed by atoms with E-state index in [4.69, 9.17) is 16.3 Å². The van der Waals surface area contributed by atoms with Crippen LogP contribution in [0.4, 0.5) is 4.39 Å². The van der Waals surface area contributed by atoms with Crippen molar-refractivity contribution in [3.8, 4) is 0 Å². The summed E-state index contributed by atoms with van der Waals surface area (Å²) in [6.45, 7) is 3.82. The van der Waals surface area contributed by atoms with Gasteiger partial charge in [0.25, 0.3) is 0 Å². The molecule has 0 spiro atoms. The number of hydrogen-bond donors (Lipinski definition) is 0. The van der Waals surface area contributed by atoms with Gasteiger partial charge in [0, 0.05) is 34.7 Å². The first kappa shape index (κ1) is 19.8. The number of aryl methyl sites for hydroxylation is 1. The number of carbonyl (C=O) groups is 2. The minimum absolute atomic E-state index is 0.0436. The second kappa shape index (κ2) is 8.35. The van der Waals surface area contributed by atoms with E-state index >= 15 is 0 Å². The number of ketones is 1. The molecule has 0 saturated heterocycles. The Balaban J connectivity index is 1.70. The van der Waals surface area contributed by atoms with Crippen LogP contribution in [0.25, 0.3) is 0 Å². The van der Waals surface area contributed by atoms with Crippen LogP contribution in [0.3, 0.4) is 0 Å². The van der Waals surface area contributed by atoms with Crippen molar-refractivity contribution in [2.24, 2.45) is 0 Å². The summed E-state index contributed by atoms with van der Waals surface area (Å²) >= 11 is 5.83. The van der Waals surface area contributed by atoms with Crippen LogP contribution < -0.4 is 0 Å². The highest BCUT2D eigenvalue weighted by Crippen LogP contribution is 2.18. The molecule has 0 atom stereocenters. The summed E-state index contributed by atoms with van der Waals surface area (Å²) in [5.41, 5.74) is 3.07. The van der Waals surface area contributed by atoms with E-state index in [9.17, 15) is 14.0 Å². The second-order valence-corrected chi connectivity index (χ2v) is 6.79. The number of nitrogens with zero attached hydrogens (tertiary/aromatic N) is 2. The molecular weight excluding hydrogens is 383 g/mol. The summed E-state index contributed by atoms with van der Waals surface area (Å²) in [5.74, 6) is -1.32. The van der Waals surface area contributed by atoms with Crippen LogP contribution in [-0.2, 0) is 11.3 Å². The number of aromatic nitrogens is 2. The number of esters is 1. The van der Waals surface area contributed by atoms with E-state index in [1.54, 1.807) is 24.3 Å². The average molecular weight is 401 g/mol. The number of pyridine rings is 1. The van der Waals surface area contributed by atoms with E-state index in [-0.39, 0.29) is 17.3 Å². The zero-order valence-electron chi connectivity index (χ0n) is 15.4. The van der Waals surface area contributed by atoms with Crippen LogP contribution in [0.5, 0.6) is 0 Å². The van der Waals surface area contributed by atoms with Crippen LogP contribution in [0.2, 0.25) is 5.02 Å². The Bertz CT molecular complexity index is 1030. The lowest BCUT2D eigenvalue weighted by Gasteiger charge is -2.10. The molecule has 2 heterocycles. The maximum atomic E-state index is 13.1. The molecule has 0 saturated carbocycles. The van der Waals surface area contributed by atoms with Gasteiger partial charge >= 0.3 is 5.97 Å². The highest BCUT2D eigenvalue weighted by Gasteiger charge is 2.18. The van der Waals surface area contributed by atoms with Gasteiger partial charge in [0.05, 0.1) is 0 Å². The maximum Gasteiger partial charge on any atom is 0.357 e. The molecule has 0 aliphatic heterocycles. The molecule has 1 aromatic carbocycles. The maximum absolute atomic E-state index is 13.1. The normalized spacial score (nSPS) is 10.7. The minimum Gasteiger partial charge on any atom is -0.453 e. The number of hydrogen-bond acceptors (Lipinski definition) is 4. The largest absolute Gasteiger partial charge is 0.453 e. The van der Waals surface area contributed by atoms with Crippen LogP contribution in [-0.4, -0.2) is 27.9 Å². The fourth-order valence-corrected chi connectivity index (χ4v) is 3.06. The number of ether oxygens (including phenoxy) is 1. The lowest BCUT2D eigenvalue weighted by atomic mass is 10.1. The fourth-order valence-electron chi connectivity index (χ4n) is 2.90. The number of rotatable bonds is 6. The highest BCUT2D eigenvalue weighted by atomic mass is 35.5. The zero-order chi connectivity index (χ0) is 20.3. The molecular formula is C21H18ClFN2O3. The first-order valence-corrected chi connectivity index (χ1v) is 8.96. The molecule has 0 bridgehead atoms. The van der Waals surface area contributed by atoms with Crippen LogP contribution >= 0.6 is 11.6 Å². The van der Waals surface area contributed by atoms with Gasteiger partial charge in [0.2, 0.25) is 5.78 Å². The Morgan fingerprint density at radius 1 is 1.14 bits per heavy atom. The fraction of sp³-hybridized carbons (Fsp3) is 0.190. The highest BCUT2D eigenvalue weighted by molar-refractivity contribution is 6.30. The smallest absolute Gasteiger partial charge is 0.357 e. The molecule has 0 aliphatic rings. The van der Waals surface area contributed by atoms with Gasteiger partial charge in [-0.25, -0.2) is 14.2 Å². The Morgan fingerprint density at radius 3 is 2.54 bits per heavy atom. The van der Waals surface area contributed by atoms with Gasteiger partial charge in [0.15, 0.2) is 6.61 Å². The number of Topliss-reactive ketones (excluding diaryl/α,β-unsaturated/α-hetero) is 1. The van der Waals surface area contributed by atoms with Crippen molar-refractivity contribution in [3.05, 3.63) is 87.7 Å².